The summed E-state index contributed by atoms with van der Waals surface area (Å²) in [6.07, 6.45) is 0. The molecule has 0 N–H and O–H groups in total. The van der Waals surface area contributed by atoms with Crippen molar-refractivity contribution in [2.24, 2.45) is 16.3 Å². The molecule has 0 saturated carbocycles. The van der Waals surface area contributed by atoms with Crippen LogP contribution in [-0.2, 0) is 25.7 Å². The van der Waals surface area contributed by atoms with Crippen LogP contribution in [0.3, 0.4) is 0 Å². The maximum absolute atomic E-state index is 12.6. The maximum Gasteiger partial charge on any atom is 0.355 e. The van der Waals surface area contributed by atoms with Gasteiger partial charge in [-0.25, -0.2) is 4.79 Å². The van der Waals surface area contributed by atoms with Crippen molar-refractivity contribution in [3.8, 4) is 0 Å². The van der Waals surface area contributed by atoms with Crippen molar-refractivity contribution in [3.05, 3.63) is 40.8 Å². The number of nitroso groups, excluding NO2 is 1. The Balaban J connectivity index is 1.90. The molecule has 2 atom stereocenters. The standard InChI is InChI=1S/C15H14N4O5/c1-2-24-15(22)11-10-12(19(16-11)17-23)14(21)18(13(10)20)8-9-6-4-3-5-7-9/h3-7,10,12H,2,8H2,1H3. The lowest BCUT2D eigenvalue weighted by Gasteiger charge is -2.16. The summed E-state index contributed by atoms with van der Waals surface area (Å²) in [7, 11) is 0. The van der Waals surface area contributed by atoms with Gasteiger partial charge in [-0.05, 0) is 12.5 Å². The molecule has 1 saturated heterocycles. The van der Waals surface area contributed by atoms with Crippen molar-refractivity contribution in [1.29, 1.82) is 0 Å². The average Bonchev–Trinajstić information content (AvgIpc) is 3.09. The lowest BCUT2D eigenvalue weighted by Crippen LogP contribution is -2.36. The minimum Gasteiger partial charge on any atom is -0.461 e. The second-order valence-electron chi connectivity index (χ2n) is 5.28. The number of hydrogen-bond acceptors (Lipinski definition) is 7. The number of ether oxygens (including phenoxy) is 1. The van der Waals surface area contributed by atoms with E-state index < -0.39 is 29.7 Å². The summed E-state index contributed by atoms with van der Waals surface area (Å²) in [5.41, 5.74) is 0.481. The van der Waals surface area contributed by atoms with Gasteiger partial charge in [-0.15, -0.1) is 15.1 Å². The van der Waals surface area contributed by atoms with E-state index in [0.717, 1.165) is 10.5 Å². The summed E-state index contributed by atoms with van der Waals surface area (Å²) in [6, 6.07) is 7.70. The van der Waals surface area contributed by atoms with E-state index in [4.69, 9.17) is 4.74 Å². The third-order valence-electron chi connectivity index (χ3n) is 3.87. The van der Waals surface area contributed by atoms with Gasteiger partial charge in [0.1, 0.15) is 5.92 Å². The normalized spacial score (nSPS) is 22.5. The van der Waals surface area contributed by atoms with Gasteiger partial charge in [0.25, 0.3) is 5.91 Å². The van der Waals surface area contributed by atoms with E-state index in [2.05, 4.69) is 10.4 Å². The van der Waals surface area contributed by atoms with Crippen molar-refractivity contribution in [3.63, 3.8) is 0 Å². The van der Waals surface area contributed by atoms with Gasteiger partial charge in [0.15, 0.2) is 11.8 Å². The van der Waals surface area contributed by atoms with Crippen LogP contribution >= 0.6 is 0 Å². The number of carbonyl (C=O) groups is 3. The van der Waals surface area contributed by atoms with Crippen LogP contribution in [-0.4, -0.2) is 46.2 Å². The fourth-order valence-electron chi connectivity index (χ4n) is 2.81. The van der Waals surface area contributed by atoms with E-state index in [1.165, 1.54) is 0 Å². The zero-order valence-corrected chi connectivity index (χ0v) is 12.8. The highest BCUT2D eigenvalue weighted by molar-refractivity contribution is 6.43. The van der Waals surface area contributed by atoms with Crippen molar-refractivity contribution in [2.45, 2.75) is 19.5 Å². The zero-order valence-electron chi connectivity index (χ0n) is 12.8. The Kier molecular flexibility index (Phi) is 4.07. The molecule has 0 aromatic heterocycles. The number of esters is 1. The lowest BCUT2D eigenvalue weighted by atomic mass is 9.98. The van der Waals surface area contributed by atoms with Crippen LogP contribution in [0.5, 0.6) is 0 Å². The summed E-state index contributed by atoms with van der Waals surface area (Å²) in [5, 5.41) is 6.89. The third-order valence-corrected chi connectivity index (χ3v) is 3.87. The van der Waals surface area contributed by atoms with Crippen LogP contribution in [0.4, 0.5) is 0 Å². The van der Waals surface area contributed by atoms with E-state index in [-0.39, 0.29) is 18.9 Å². The van der Waals surface area contributed by atoms with Crippen LogP contribution in [0.15, 0.2) is 40.7 Å². The van der Waals surface area contributed by atoms with Gasteiger partial charge in [0.05, 0.1) is 18.4 Å². The first kappa shape index (κ1) is 15.8. The highest BCUT2D eigenvalue weighted by Gasteiger charge is 2.59. The summed E-state index contributed by atoms with van der Waals surface area (Å²) >= 11 is 0. The Morgan fingerprint density at radius 2 is 1.96 bits per heavy atom. The molecule has 0 radical (unpaired) electrons. The molecule has 0 spiro atoms. The molecular weight excluding hydrogens is 316 g/mol. The molecule has 1 fully saturated rings. The van der Waals surface area contributed by atoms with Crippen LogP contribution in [0.1, 0.15) is 12.5 Å². The zero-order chi connectivity index (χ0) is 17.3. The van der Waals surface area contributed by atoms with Gasteiger partial charge in [0.2, 0.25) is 5.91 Å². The van der Waals surface area contributed by atoms with E-state index in [0.29, 0.717) is 5.12 Å². The molecule has 2 aliphatic rings. The Morgan fingerprint density at radius 1 is 1.25 bits per heavy atom. The summed E-state index contributed by atoms with van der Waals surface area (Å²) in [5.74, 6) is -3.21. The summed E-state index contributed by atoms with van der Waals surface area (Å²) in [4.78, 5) is 49.1. The molecule has 3 rings (SSSR count). The third kappa shape index (κ3) is 2.43. The Labute approximate surface area is 136 Å². The van der Waals surface area contributed by atoms with Crippen molar-refractivity contribution >= 4 is 23.5 Å². The molecular formula is C15H14N4O5. The largest absolute Gasteiger partial charge is 0.461 e. The Morgan fingerprint density at radius 3 is 2.58 bits per heavy atom. The number of likely N-dealkylation sites (tertiary alicyclic amines) is 1. The first-order valence-corrected chi connectivity index (χ1v) is 7.35. The Hall–Kier alpha value is -3.10. The topological polar surface area (TPSA) is 109 Å². The van der Waals surface area contributed by atoms with Gasteiger partial charge < -0.3 is 4.74 Å². The van der Waals surface area contributed by atoms with E-state index in [9.17, 15) is 19.3 Å². The molecule has 24 heavy (non-hydrogen) atoms. The first-order chi connectivity index (χ1) is 11.6. The minimum absolute atomic E-state index is 0.0499. The number of hydrogen-bond donors (Lipinski definition) is 0. The van der Waals surface area contributed by atoms with Gasteiger partial charge in [-0.1, -0.05) is 30.3 Å². The average molecular weight is 330 g/mol. The minimum atomic E-state index is -1.22. The van der Waals surface area contributed by atoms with Crippen LogP contribution in [0.2, 0.25) is 0 Å². The number of hydrazone groups is 1. The number of imide groups is 1. The SMILES string of the molecule is CCOC(=O)C1=NN(N=O)C2C(=O)N(Cc3ccccc3)C(=O)C12. The smallest absolute Gasteiger partial charge is 0.355 e. The first-order valence-electron chi connectivity index (χ1n) is 7.35. The number of rotatable bonds is 5. The molecule has 2 heterocycles. The summed E-state index contributed by atoms with van der Waals surface area (Å²) in [6.45, 7) is 1.73. The number of amides is 2. The highest BCUT2D eigenvalue weighted by atomic mass is 16.5. The monoisotopic (exact) mass is 330 g/mol. The predicted molar refractivity (Wildman–Crippen MR) is 81.0 cm³/mol. The second kappa shape index (κ2) is 6.19. The number of fused-ring (bicyclic) bond motifs is 1. The highest BCUT2D eigenvalue weighted by Crippen LogP contribution is 2.33. The Bertz CT molecular complexity index is 733. The lowest BCUT2D eigenvalue weighted by molar-refractivity contribution is -0.142. The second-order valence-corrected chi connectivity index (χ2v) is 5.28. The van der Waals surface area contributed by atoms with E-state index in [1.807, 2.05) is 6.07 Å². The van der Waals surface area contributed by atoms with Gasteiger partial charge in [-0.3, -0.25) is 14.5 Å². The van der Waals surface area contributed by atoms with Gasteiger partial charge in [0, 0.05) is 0 Å². The van der Waals surface area contributed by atoms with Gasteiger partial charge in [-0.2, -0.15) is 0 Å². The summed E-state index contributed by atoms with van der Waals surface area (Å²) < 4.78 is 4.84. The van der Waals surface area contributed by atoms with Crippen molar-refractivity contribution in [1.82, 2.24) is 10.0 Å². The molecule has 124 valence electrons. The molecule has 1 aromatic rings. The van der Waals surface area contributed by atoms with Crippen LogP contribution in [0.25, 0.3) is 0 Å². The number of benzene rings is 1. The molecule has 0 aliphatic carbocycles. The fourth-order valence-corrected chi connectivity index (χ4v) is 2.81. The molecule has 9 nitrogen and oxygen atoms in total. The molecule has 2 amide bonds. The molecule has 9 heteroatoms. The molecule has 2 unspecified atom stereocenters. The maximum atomic E-state index is 12.6. The van der Waals surface area contributed by atoms with Crippen molar-refractivity contribution in [2.75, 3.05) is 6.61 Å². The molecule has 0 bridgehead atoms. The fraction of sp³-hybridized carbons (Fsp3) is 0.333. The number of carbonyl (C=O) groups excluding carboxylic acids is 3. The van der Waals surface area contributed by atoms with E-state index >= 15 is 0 Å². The number of nitrogens with zero attached hydrogens (tertiary/aromatic N) is 4. The molecule has 1 aromatic carbocycles. The van der Waals surface area contributed by atoms with E-state index in [1.54, 1.807) is 31.2 Å². The molecule has 2 aliphatic heterocycles. The van der Waals surface area contributed by atoms with Crippen LogP contribution < -0.4 is 0 Å². The quantitative estimate of drug-likeness (QED) is 0.441. The van der Waals surface area contributed by atoms with Gasteiger partial charge >= 0.3 is 5.97 Å². The predicted octanol–water partition coefficient (Wildman–Crippen LogP) is 0.456. The van der Waals surface area contributed by atoms with Crippen LogP contribution in [0, 0.1) is 10.8 Å². The van der Waals surface area contributed by atoms with Crippen molar-refractivity contribution < 1.29 is 19.1 Å².